The number of carbonyl (C=O) groups is 1. The minimum Gasteiger partial charge on any atom is -0.481 e. The molecule has 19 heavy (non-hydrogen) atoms. The summed E-state index contributed by atoms with van der Waals surface area (Å²) < 4.78 is 1.61. The molecule has 3 atom stereocenters. The minimum atomic E-state index is -0.896. The van der Waals surface area contributed by atoms with Crippen LogP contribution in [-0.2, 0) is 11.3 Å². The molecule has 2 fully saturated rings. The van der Waals surface area contributed by atoms with Gasteiger partial charge in [-0.15, -0.1) is 5.10 Å². The first-order valence-electron chi connectivity index (χ1n) is 6.63. The summed E-state index contributed by atoms with van der Waals surface area (Å²) in [5, 5.41) is 15.5. The number of aromatic amines is 1. The van der Waals surface area contributed by atoms with Crippen molar-refractivity contribution in [2.45, 2.75) is 37.4 Å². The largest absolute Gasteiger partial charge is 0.481 e. The Morgan fingerprint density at radius 3 is 2.95 bits per heavy atom. The van der Waals surface area contributed by atoms with Crippen molar-refractivity contribution in [3.05, 3.63) is 10.5 Å². The lowest BCUT2D eigenvalue weighted by Crippen LogP contribution is -2.25. The van der Waals surface area contributed by atoms with Crippen molar-refractivity contribution in [1.29, 1.82) is 0 Å². The summed E-state index contributed by atoms with van der Waals surface area (Å²) in [4.78, 5) is 22.4. The third-order valence-electron chi connectivity index (χ3n) is 4.35. The molecule has 0 aliphatic heterocycles. The highest BCUT2D eigenvalue weighted by molar-refractivity contribution is 7.99. The van der Waals surface area contributed by atoms with Crippen molar-refractivity contribution >= 4 is 17.7 Å². The normalized spacial score (nSPS) is 28.9. The SMILES string of the molecule is O=C(O)CSc1n[nH]c(=O)n1CC1CC2CCC1C2. The molecule has 3 unspecified atom stereocenters. The monoisotopic (exact) mass is 283 g/mol. The van der Waals surface area contributed by atoms with Crippen LogP contribution in [0.15, 0.2) is 9.95 Å². The summed E-state index contributed by atoms with van der Waals surface area (Å²) in [6, 6.07) is 0. The molecule has 3 rings (SSSR count). The lowest BCUT2D eigenvalue weighted by molar-refractivity contribution is -0.133. The number of hydrogen-bond acceptors (Lipinski definition) is 4. The van der Waals surface area contributed by atoms with Gasteiger partial charge in [0.15, 0.2) is 5.16 Å². The first-order chi connectivity index (χ1) is 9.13. The van der Waals surface area contributed by atoms with Crippen LogP contribution in [0, 0.1) is 17.8 Å². The van der Waals surface area contributed by atoms with Crippen LogP contribution in [0.3, 0.4) is 0 Å². The van der Waals surface area contributed by atoms with Crippen molar-refractivity contribution in [2.75, 3.05) is 5.75 Å². The summed E-state index contributed by atoms with van der Waals surface area (Å²) >= 11 is 1.10. The second-order valence-electron chi connectivity index (χ2n) is 5.54. The molecule has 0 spiro atoms. The second kappa shape index (κ2) is 5.03. The standard InChI is InChI=1S/C12H17N3O3S/c16-10(17)6-19-12-14-13-11(18)15(12)5-9-4-7-1-2-8(9)3-7/h7-9H,1-6H2,(H,13,18)(H,16,17). The zero-order valence-corrected chi connectivity index (χ0v) is 11.4. The summed E-state index contributed by atoms with van der Waals surface area (Å²) in [5.41, 5.74) is -0.226. The third kappa shape index (κ3) is 2.56. The summed E-state index contributed by atoms with van der Waals surface area (Å²) in [6.07, 6.45) is 5.11. The molecule has 2 aliphatic rings. The van der Waals surface area contributed by atoms with Crippen molar-refractivity contribution < 1.29 is 9.90 Å². The number of aromatic nitrogens is 3. The molecule has 0 amide bonds. The van der Waals surface area contributed by atoms with Crippen molar-refractivity contribution in [1.82, 2.24) is 14.8 Å². The highest BCUT2D eigenvalue weighted by Gasteiger charge is 2.39. The number of rotatable bonds is 5. The van der Waals surface area contributed by atoms with Crippen LogP contribution >= 0.6 is 11.8 Å². The van der Waals surface area contributed by atoms with Gasteiger partial charge in [0.25, 0.3) is 0 Å². The minimum absolute atomic E-state index is 0.0684. The highest BCUT2D eigenvalue weighted by Crippen LogP contribution is 2.48. The molecule has 7 heteroatoms. The van der Waals surface area contributed by atoms with Crippen molar-refractivity contribution in [3.63, 3.8) is 0 Å². The predicted molar refractivity (Wildman–Crippen MR) is 70.1 cm³/mol. The van der Waals surface area contributed by atoms with Crippen LogP contribution in [-0.4, -0.2) is 31.6 Å². The van der Waals surface area contributed by atoms with Crippen LogP contribution in [0.25, 0.3) is 0 Å². The van der Waals surface area contributed by atoms with Gasteiger partial charge >= 0.3 is 11.7 Å². The van der Waals surface area contributed by atoms with E-state index in [0.29, 0.717) is 17.6 Å². The van der Waals surface area contributed by atoms with E-state index in [1.54, 1.807) is 4.57 Å². The predicted octanol–water partition coefficient (Wildman–Crippen LogP) is 1.18. The third-order valence-corrected chi connectivity index (χ3v) is 5.31. The summed E-state index contributed by atoms with van der Waals surface area (Å²) in [5.74, 6) is 1.17. The van der Waals surface area contributed by atoms with Gasteiger partial charge in [0.2, 0.25) is 0 Å². The van der Waals surface area contributed by atoms with E-state index in [-0.39, 0.29) is 11.4 Å². The molecule has 2 aliphatic carbocycles. The number of nitrogens with one attached hydrogen (secondary N) is 1. The van der Waals surface area contributed by atoms with Gasteiger partial charge in [-0.1, -0.05) is 18.2 Å². The van der Waals surface area contributed by atoms with Gasteiger partial charge < -0.3 is 5.11 Å². The van der Waals surface area contributed by atoms with Gasteiger partial charge in [0, 0.05) is 6.54 Å². The van der Waals surface area contributed by atoms with E-state index < -0.39 is 5.97 Å². The number of hydrogen-bond donors (Lipinski definition) is 2. The number of aliphatic carboxylic acids is 1. The average Bonchev–Trinajstić information content (AvgIpc) is 3.05. The van der Waals surface area contributed by atoms with Crippen molar-refractivity contribution in [2.24, 2.45) is 17.8 Å². The van der Waals surface area contributed by atoms with Crippen LogP contribution in [0.1, 0.15) is 25.7 Å². The quantitative estimate of drug-likeness (QED) is 0.792. The average molecular weight is 283 g/mol. The molecule has 2 saturated carbocycles. The van der Waals surface area contributed by atoms with E-state index in [0.717, 1.165) is 23.6 Å². The molecule has 2 N–H and O–H groups in total. The molecule has 0 radical (unpaired) electrons. The molecule has 1 aromatic heterocycles. The number of fused-ring (bicyclic) bond motifs is 2. The fraction of sp³-hybridized carbons (Fsp3) is 0.750. The molecule has 6 nitrogen and oxygen atoms in total. The molecule has 1 heterocycles. The molecule has 2 bridgehead atoms. The molecule has 0 aromatic carbocycles. The topological polar surface area (TPSA) is 88.0 Å². The van der Waals surface area contributed by atoms with E-state index in [2.05, 4.69) is 10.2 Å². The Kier molecular flexibility index (Phi) is 3.38. The number of thioether (sulfide) groups is 1. The molecular weight excluding hydrogens is 266 g/mol. The van der Waals surface area contributed by atoms with Gasteiger partial charge in [-0.2, -0.15) is 0 Å². The summed E-state index contributed by atoms with van der Waals surface area (Å²) in [7, 11) is 0. The lowest BCUT2D eigenvalue weighted by atomic mass is 9.89. The first-order valence-corrected chi connectivity index (χ1v) is 7.62. The Morgan fingerprint density at radius 1 is 1.47 bits per heavy atom. The molecule has 1 aromatic rings. The smallest absolute Gasteiger partial charge is 0.343 e. The maximum atomic E-state index is 11.8. The Hall–Kier alpha value is -1.24. The maximum Gasteiger partial charge on any atom is 0.343 e. The second-order valence-corrected chi connectivity index (χ2v) is 6.48. The number of nitrogens with zero attached hydrogens (tertiary/aromatic N) is 2. The Morgan fingerprint density at radius 2 is 2.32 bits per heavy atom. The van der Waals surface area contributed by atoms with Gasteiger partial charge in [0.1, 0.15) is 0 Å². The van der Waals surface area contributed by atoms with E-state index in [1.807, 2.05) is 0 Å². The van der Waals surface area contributed by atoms with E-state index in [9.17, 15) is 9.59 Å². The lowest BCUT2D eigenvalue weighted by Gasteiger charge is -2.21. The fourth-order valence-corrected chi connectivity index (χ4v) is 4.21. The Labute approximate surface area is 114 Å². The fourth-order valence-electron chi connectivity index (χ4n) is 3.54. The maximum absolute atomic E-state index is 11.8. The van der Waals surface area contributed by atoms with Crippen LogP contribution in [0.2, 0.25) is 0 Å². The Balaban J connectivity index is 1.71. The van der Waals surface area contributed by atoms with Gasteiger partial charge in [-0.25, -0.2) is 9.89 Å². The number of carboxylic acid groups (broad SMARTS) is 1. The molecular formula is C12H17N3O3S. The zero-order valence-electron chi connectivity index (χ0n) is 10.5. The van der Waals surface area contributed by atoms with Crippen LogP contribution in [0.5, 0.6) is 0 Å². The number of carboxylic acids is 1. The van der Waals surface area contributed by atoms with Crippen molar-refractivity contribution in [3.8, 4) is 0 Å². The Bertz CT molecular complexity index is 539. The molecule has 0 saturated heterocycles. The highest BCUT2D eigenvalue weighted by atomic mass is 32.2. The van der Waals surface area contributed by atoms with Crippen LogP contribution in [0.4, 0.5) is 0 Å². The van der Waals surface area contributed by atoms with E-state index >= 15 is 0 Å². The summed E-state index contributed by atoms with van der Waals surface area (Å²) in [6.45, 7) is 0.679. The zero-order chi connectivity index (χ0) is 13.4. The van der Waals surface area contributed by atoms with Gasteiger partial charge in [-0.3, -0.25) is 9.36 Å². The first kappa shape index (κ1) is 12.8. The van der Waals surface area contributed by atoms with E-state index in [1.165, 1.54) is 25.7 Å². The van der Waals surface area contributed by atoms with Crippen LogP contribution < -0.4 is 5.69 Å². The van der Waals surface area contributed by atoms with Gasteiger partial charge in [-0.05, 0) is 37.0 Å². The van der Waals surface area contributed by atoms with Gasteiger partial charge in [0.05, 0.1) is 5.75 Å². The number of H-pyrrole nitrogens is 1. The molecule has 104 valence electrons. The van der Waals surface area contributed by atoms with E-state index in [4.69, 9.17) is 5.11 Å².